The van der Waals surface area contributed by atoms with Crippen LogP contribution in [0.4, 0.5) is 0 Å². The third-order valence-electron chi connectivity index (χ3n) is 2.75. The summed E-state index contributed by atoms with van der Waals surface area (Å²) in [6, 6.07) is 16.0. The lowest BCUT2D eigenvalue weighted by atomic mass is 10.3. The number of nitrogens with zero attached hydrogens (tertiary/aromatic N) is 2. The molecule has 0 atom stereocenters. The van der Waals surface area contributed by atoms with Crippen LogP contribution in [0.5, 0.6) is 17.2 Å². The fraction of sp³-hybridized carbons (Fsp3) is 0. The number of hydrogen-bond acceptors (Lipinski definition) is 3. The standard InChI is InChI=1S/C15H11ClN2O2/c16-15-14(20-13-4-2-1-3-5-13)10-17-18(15)11-6-8-12(19)9-7-11/h1-10,19H. The number of phenolic OH excluding ortho intramolecular Hbond substituents is 1. The summed E-state index contributed by atoms with van der Waals surface area (Å²) in [5.74, 6) is 1.36. The second kappa shape index (κ2) is 5.27. The Morgan fingerprint density at radius 3 is 2.40 bits per heavy atom. The molecule has 1 heterocycles. The van der Waals surface area contributed by atoms with Gasteiger partial charge in [-0.1, -0.05) is 29.8 Å². The van der Waals surface area contributed by atoms with E-state index in [2.05, 4.69) is 5.10 Å². The van der Waals surface area contributed by atoms with Crippen LogP contribution in [0, 0.1) is 0 Å². The number of phenols is 1. The summed E-state index contributed by atoms with van der Waals surface area (Å²) in [5.41, 5.74) is 0.746. The van der Waals surface area contributed by atoms with E-state index in [1.807, 2.05) is 30.3 Å². The fourth-order valence-electron chi connectivity index (χ4n) is 1.78. The van der Waals surface area contributed by atoms with Gasteiger partial charge in [0.25, 0.3) is 0 Å². The molecule has 0 radical (unpaired) electrons. The van der Waals surface area contributed by atoms with Gasteiger partial charge >= 0.3 is 0 Å². The number of ether oxygens (including phenoxy) is 1. The van der Waals surface area contributed by atoms with Crippen LogP contribution in [0.1, 0.15) is 0 Å². The second-order valence-electron chi connectivity index (χ2n) is 4.14. The highest BCUT2D eigenvalue weighted by molar-refractivity contribution is 6.31. The SMILES string of the molecule is Oc1ccc(-n2ncc(Oc3ccccc3)c2Cl)cc1. The predicted molar refractivity (Wildman–Crippen MR) is 76.8 cm³/mol. The lowest BCUT2D eigenvalue weighted by Gasteiger charge is -2.05. The van der Waals surface area contributed by atoms with E-state index in [0.29, 0.717) is 16.7 Å². The summed E-state index contributed by atoms with van der Waals surface area (Å²) in [7, 11) is 0. The number of para-hydroxylation sites is 1. The van der Waals surface area contributed by atoms with Crippen molar-refractivity contribution in [3.8, 4) is 22.9 Å². The van der Waals surface area contributed by atoms with Crippen molar-refractivity contribution in [1.82, 2.24) is 9.78 Å². The molecule has 4 nitrogen and oxygen atoms in total. The van der Waals surface area contributed by atoms with Crippen LogP contribution in [0.2, 0.25) is 5.15 Å². The number of benzene rings is 2. The smallest absolute Gasteiger partial charge is 0.184 e. The van der Waals surface area contributed by atoms with Gasteiger partial charge in [-0.25, -0.2) is 4.68 Å². The minimum absolute atomic E-state index is 0.192. The molecule has 0 saturated carbocycles. The average Bonchev–Trinajstić information content (AvgIpc) is 2.83. The molecule has 3 rings (SSSR count). The van der Waals surface area contributed by atoms with Crippen LogP contribution in [0.25, 0.3) is 5.69 Å². The number of hydrogen-bond donors (Lipinski definition) is 1. The molecule has 0 saturated heterocycles. The van der Waals surface area contributed by atoms with Gasteiger partial charge in [-0.15, -0.1) is 0 Å². The van der Waals surface area contributed by atoms with Crippen molar-refractivity contribution in [1.29, 1.82) is 0 Å². The molecule has 0 aliphatic heterocycles. The number of halogens is 1. The molecule has 0 spiro atoms. The second-order valence-corrected chi connectivity index (χ2v) is 4.50. The van der Waals surface area contributed by atoms with Crippen LogP contribution >= 0.6 is 11.6 Å². The van der Waals surface area contributed by atoms with Crippen molar-refractivity contribution in [3.63, 3.8) is 0 Å². The Morgan fingerprint density at radius 1 is 1.00 bits per heavy atom. The van der Waals surface area contributed by atoms with E-state index < -0.39 is 0 Å². The Bertz CT molecular complexity index is 708. The van der Waals surface area contributed by atoms with Crippen LogP contribution in [0.3, 0.4) is 0 Å². The van der Waals surface area contributed by atoms with Crippen LogP contribution < -0.4 is 4.74 Å². The molecule has 100 valence electrons. The molecule has 0 bridgehead atoms. The third-order valence-corrected chi connectivity index (χ3v) is 3.09. The Morgan fingerprint density at radius 2 is 1.70 bits per heavy atom. The van der Waals surface area contributed by atoms with Crippen molar-refractivity contribution in [3.05, 3.63) is 65.9 Å². The minimum atomic E-state index is 0.192. The maximum Gasteiger partial charge on any atom is 0.184 e. The molecule has 1 aromatic heterocycles. The van der Waals surface area contributed by atoms with Gasteiger partial charge < -0.3 is 9.84 Å². The highest BCUT2D eigenvalue weighted by atomic mass is 35.5. The lowest BCUT2D eigenvalue weighted by Crippen LogP contribution is -1.95. The summed E-state index contributed by atoms with van der Waals surface area (Å²) >= 11 is 6.26. The summed E-state index contributed by atoms with van der Waals surface area (Å²) in [4.78, 5) is 0. The molecule has 0 unspecified atom stereocenters. The molecule has 0 amide bonds. The quantitative estimate of drug-likeness (QED) is 0.791. The molecule has 0 fully saturated rings. The van der Waals surface area contributed by atoms with E-state index in [4.69, 9.17) is 16.3 Å². The first-order chi connectivity index (χ1) is 9.74. The van der Waals surface area contributed by atoms with E-state index in [-0.39, 0.29) is 5.75 Å². The van der Waals surface area contributed by atoms with Crippen molar-refractivity contribution in [2.24, 2.45) is 0 Å². The van der Waals surface area contributed by atoms with Gasteiger partial charge in [0.2, 0.25) is 0 Å². The van der Waals surface area contributed by atoms with E-state index in [1.165, 1.54) is 0 Å². The molecule has 3 aromatic rings. The van der Waals surface area contributed by atoms with Crippen molar-refractivity contribution < 1.29 is 9.84 Å². The van der Waals surface area contributed by atoms with Gasteiger partial charge in [-0.3, -0.25) is 0 Å². The Balaban J connectivity index is 1.91. The molecule has 2 aromatic carbocycles. The zero-order valence-corrected chi connectivity index (χ0v) is 11.2. The molecule has 20 heavy (non-hydrogen) atoms. The lowest BCUT2D eigenvalue weighted by molar-refractivity contribution is 0.475. The van der Waals surface area contributed by atoms with Gasteiger partial charge in [-0.2, -0.15) is 5.10 Å². The fourth-order valence-corrected chi connectivity index (χ4v) is 2.00. The largest absolute Gasteiger partial charge is 0.508 e. The topological polar surface area (TPSA) is 47.3 Å². The molecule has 0 aliphatic carbocycles. The van der Waals surface area contributed by atoms with Gasteiger partial charge in [0, 0.05) is 0 Å². The predicted octanol–water partition coefficient (Wildman–Crippen LogP) is 4.02. The average molecular weight is 287 g/mol. The normalized spacial score (nSPS) is 10.4. The van der Waals surface area contributed by atoms with Gasteiger partial charge in [0.1, 0.15) is 11.5 Å². The van der Waals surface area contributed by atoms with Crippen LogP contribution in [-0.4, -0.2) is 14.9 Å². The monoisotopic (exact) mass is 286 g/mol. The molecule has 1 N–H and O–H groups in total. The highest BCUT2D eigenvalue weighted by Gasteiger charge is 2.12. The van der Waals surface area contributed by atoms with Crippen LogP contribution in [-0.2, 0) is 0 Å². The minimum Gasteiger partial charge on any atom is -0.508 e. The first-order valence-corrected chi connectivity index (χ1v) is 6.37. The Labute approximate surface area is 120 Å². The maximum atomic E-state index is 9.29. The molecular formula is C15H11ClN2O2. The molecule has 5 heteroatoms. The number of aromatic nitrogens is 2. The maximum absolute atomic E-state index is 9.29. The van der Waals surface area contributed by atoms with Crippen molar-refractivity contribution in [2.75, 3.05) is 0 Å². The molecular weight excluding hydrogens is 276 g/mol. The number of aromatic hydroxyl groups is 1. The summed E-state index contributed by atoms with van der Waals surface area (Å²) < 4.78 is 7.21. The first-order valence-electron chi connectivity index (χ1n) is 6.00. The Hall–Kier alpha value is -2.46. The number of rotatable bonds is 3. The van der Waals surface area contributed by atoms with Gasteiger partial charge in [0.15, 0.2) is 10.9 Å². The zero-order valence-electron chi connectivity index (χ0n) is 10.4. The molecule has 0 aliphatic rings. The first kappa shape index (κ1) is 12.6. The summed E-state index contributed by atoms with van der Waals surface area (Å²) in [6.07, 6.45) is 1.56. The summed E-state index contributed by atoms with van der Waals surface area (Å²) in [5, 5.41) is 13.9. The van der Waals surface area contributed by atoms with E-state index in [0.717, 1.165) is 5.69 Å². The highest BCUT2D eigenvalue weighted by Crippen LogP contribution is 2.31. The van der Waals surface area contributed by atoms with Crippen molar-refractivity contribution >= 4 is 11.6 Å². The van der Waals surface area contributed by atoms with Gasteiger partial charge in [0.05, 0.1) is 11.9 Å². The van der Waals surface area contributed by atoms with E-state index in [9.17, 15) is 5.11 Å². The van der Waals surface area contributed by atoms with E-state index in [1.54, 1.807) is 35.1 Å². The Kier molecular flexibility index (Phi) is 3.31. The van der Waals surface area contributed by atoms with Crippen LogP contribution in [0.15, 0.2) is 60.8 Å². The van der Waals surface area contributed by atoms with E-state index >= 15 is 0 Å². The zero-order chi connectivity index (χ0) is 13.9. The third kappa shape index (κ3) is 2.46. The van der Waals surface area contributed by atoms with Crippen molar-refractivity contribution in [2.45, 2.75) is 0 Å². The summed E-state index contributed by atoms with van der Waals surface area (Å²) in [6.45, 7) is 0. The van der Waals surface area contributed by atoms with Gasteiger partial charge in [-0.05, 0) is 36.4 Å².